The van der Waals surface area contributed by atoms with E-state index in [1.54, 1.807) is 18.2 Å². The van der Waals surface area contributed by atoms with Crippen molar-refractivity contribution in [2.75, 3.05) is 32.7 Å². The summed E-state index contributed by atoms with van der Waals surface area (Å²) < 4.78 is 14.6. The van der Waals surface area contributed by atoms with E-state index in [2.05, 4.69) is 20.9 Å². The normalized spacial score (nSPS) is 13.0. The summed E-state index contributed by atoms with van der Waals surface area (Å²) in [6.07, 6.45) is 1.91. The minimum Gasteiger partial charge on any atom is -0.505 e. The highest BCUT2D eigenvalue weighted by molar-refractivity contribution is 6.01. The monoisotopic (exact) mass is 510 g/mol. The number of hydrogen-bond donors (Lipinski definition) is 4. The SMILES string of the molecule is CC(=O)NCCn1c(=O)c(C(=O)NCCN2CCNC2=O)c(O)c2ncc(Cc3ccc(F)cc3)cc21. The van der Waals surface area contributed by atoms with E-state index in [1.807, 2.05) is 0 Å². The van der Waals surface area contributed by atoms with Gasteiger partial charge in [-0.05, 0) is 35.7 Å². The molecule has 3 heterocycles. The van der Waals surface area contributed by atoms with Crippen LogP contribution < -0.4 is 21.5 Å². The molecule has 0 spiro atoms. The molecule has 1 aliphatic rings. The van der Waals surface area contributed by atoms with Gasteiger partial charge in [-0.25, -0.2) is 9.18 Å². The summed E-state index contributed by atoms with van der Waals surface area (Å²) in [7, 11) is 0. The van der Waals surface area contributed by atoms with E-state index in [1.165, 1.54) is 34.7 Å². The number of pyridine rings is 2. The van der Waals surface area contributed by atoms with Crippen molar-refractivity contribution in [3.05, 3.63) is 69.4 Å². The van der Waals surface area contributed by atoms with Gasteiger partial charge in [-0.15, -0.1) is 0 Å². The molecule has 2 aromatic heterocycles. The molecule has 0 bridgehead atoms. The molecule has 1 fully saturated rings. The van der Waals surface area contributed by atoms with Crippen molar-refractivity contribution in [2.24, 2.45) is 0 Å². The Kier molecular flexibility index (Phi) is 7.66. The van der Waals surface area contributed by atoms with Gasteiger partial charge in [-0.2, -0.15) is 0 Å². The first kappa shape index (κ1) is 25.6. The Morgan fingerprint density at radius 1 is 1.11 bits per heavy atom. The van der Waals surface area contributed by atoms with Gasteiger partial charge in [-0.3, -0.25) is 19.4 Å². The highest BCUT2D eigenvalue weighted by Gasteiger charge is 2.24. The van der Waals surface area contributed by atoms with Crippen LogP contribution in [0.15, 0.2) is 41.3 Å². The van der Waals surface area contributed by atoms with Gasteiger partial charge in [0.1, 0.15) is 16.9 Å². The van der Waals surface area contributed by atoms with Gasteiger partial charge >= 0.3 is 6.03 Å². The van der Waals surface area contributed by atoms with Crippen molar-refractivity contribution in [1.29, 1.82) is 0 Å². The van der Waals surface area contributed by atoms with Crippen LogP contribution in [-0.4, -0.2) is 70.1 Å². The summed E-state index contributed by atoms with van der Waals surface area (Å²) in [6, 6.07) is 7.41. The number of nitrogens with zero attached hydrogens (tertiary/aromatic N) is 3. The summed E-state index contributed by atoms with van der Waals surface area (Å²) >= 11 is 0. The Morgan fingerprint density at radius 2 is 1.84 bits per heavy atom. The van der Waals surface area contributed by atoms with Crippen molar-refractivity contribution in [2.45, 2.75) is 19.9 Å². The summed E-state index contributed by atoms with van der Waals surface area (Å²) in [5.74, 6) is -1.99. The number of benzene rings is 1. The van der Waals surface area contributed by atoms with E-state index in [0.717, 1.165) is 5.56 Å². The molecular weight excluding hydrogens is 483 g/mol. The second-order valence-electron chi connectivity index (χ2n) is 8.65. The number of aromatic hydroxyl groups is 1. The topological polar surface area (TPSA) is 146 Å². The van der Waals surface area contributed by atoms with Crippen molar-refractivity contribution < 1.29 is 23.9 Å². The van der Waals surface area contributed by atoms with Gasteiger partial charge in [0.2, 0.25) is 5.91 Å². The molecule has 194 valence electrons. The fourth-order valence-corrected chi connectivity index (χ4v) is 4.17. The highest BCUT2D eigenvalue weighted by atomic mass is 19.1. The third kappa shape index (κ3) is 5.85. The zero-order chi connectivity index (χ0) is 26.5. The molecule has 37 heavy (non-hydrogen) atoms. The van der Waals surface area contributed by atoms with Crippen molar-refractivity contribution in [3.8, 4) is 5.75 Å². The lowest BCUT2D eigenvalue weighted by Gasteiger charge is -2.17. The number of carbonyl (C=O) groups is 3. The molecular formula is C25H27FN6O5. The van der Waals surface area contributed by atoms with Crippen LogP contribution in [0.5, 0.6) is 5.75 Å². The van der Waals surface area contributed by atoms with E-state index < -0.39 is 22.8 Å². The van der Waals surface area contributed by atoms with Gasteiger partial charge < -0.3 is 30.5 Å². The molecule has 0 atom stereocenters. The predicted octanol–water partition coefficient (Wildman–Crippen LogP) is 0.723. The molecule has 0 unspecified atom stereocenters. The minimum atomic E-state index is -0.797. The maximum atomic E-state index is 13.4. The second-order valence-corrected chi connectivity index (χ2v) is 8.65. The molecule has 0 radical (unpaired) electrons. The summed E-state index contributed by atoms with van der Waals surface area (Å²) in [4.78, 5) is 55.2. The third-order valence-electron chi connectivity index (χ3n) is 6.01. The van der Waals surface area contributed by atoms with Crippen LogP contribution >= 0.6 is 0 Å². The number of urea groups is 1. The average Bonchev–Trinajstić information content (AvgIpc) is 3.27. The second kappa shape index (κ2) is 11.1. The molecule has 4 rings (SSSR count). The van der Waals surface area contributed by atoms with Crippen LogP contribution in [0, 0.1) is 5.82 Å². The maximum absolute atomic E-state index is 13.4. The standard InChI is InChI=1S/C25H27FN6O5/c1-15(33)27-8-11-32-19-13-17(12-16-2-4-18(26)5-3-16)14-30-21(19)22(34)20(24(32)36)23(35)28-6-9-31-10-7-29-25(31)37/h2-5,13-14,34H,6-12H2,1H3,(H,27,33)(H,28,35)(H,29,37). The molecule has 1 aromatic carbocycles. The number of halogens is 1. The number of aromatic nitrogens is 2. The molecule has 1 saturated heterocycles. The molecule has 0 saturated carbocycles. The molecule has 4 amide bonds. The van der Waals surface area contributed by atoms with Crippen LogP contribution in [-0.2, 0) is 17.8 Å². The zero-order valence-electron chi connectivity index (χ0n) is 20.2. The van der Waals surface area contributed by atoms with Crippen LogP contribution in [0.3, 0.4) is 0 Å². The summed E-state index contributed by atoms with van der Waals surface area (Å²) in [5.41, 5.74) is 0.647. The molecule has 11 nitrogen and oxygen atoms in total. The molecule has 3 aromatic rings. The van der Waals surface area contributed by atoms with E-state index in [-0.39, 0.29) is 55.0 Å². The summed E-state index contributed by atoms with van der Waals surface area (Å²) in [6.45, 7) is 2.85. The largest absolute Gasteiger partial charge is 0.505 e. The summed E-state index contributed by atoms with van der Waals surface area (Å²) in [5, 5.41) is 18.7. The van der Waals surface area contributed by atoms with Crippen LogP contribution in [0.2, 0.25) is 0 Å². The number of amides is 4. The average molecular weight is 511 g/mol. The van der Waals surface area contributed by atoms with Gasteiger partial charge in [-0.1, -0.05) is 12.1 Å². The van der Waals surface area contributed by atoms with Gasteiger partial charge in [0.05, 0.1) is 5.52 Å². The lowest BCUT2D eigenvalue weighted by Crippen LogP contribution is -2.39. The number of hydrogen-bond acceptors (Lipinski definition) is 6. The fourth-order valence-electron chi connectivity index (χ4n) is 4.17. The van der Waals surface area contributed by atoms with Crippen LogP contribution in [0.4, 0.5) is 9.18 Å². The first-order valence-corrected chi connectivity index (χ1v) is 11.8. The number of carbonyl (C=O) groups excluding carboxylic acids is 3. The smallest absolute Gasteiger partial charge is 0.317 e. The van der Waals surface area contributed by atoms with Gasteiger partial charge in [0.15, 0.2) is 5.75 Å². The van der Waals surface area contributed by atoms with Crippen molar-refractivity contribution in [3.63, 3.8) is 0 Å². The fraction of sp³-hybridized carbons (Fsp3) is 0.320. The number of nitrogens with one attached hydrogen (secondary N) is 3. The van der Waals surface area contributed by atoms with E-state index >= 15 is 0 Å². The molecule has 0 aliphatic carbocycles. The Hall–Kier alpha value is -4.48. The lowest BCUT2D eigenvalue weighted by atomic mass is 10.1. The highest BCUT2D eigenvalue weighted by Crippen LogP contribution is 2.26. The zero-order valence-corrected chi connectivity index (χ0v) is 20.2. The Balaban J connectivity index is 1.66. The van der Waals surface area contributed by atoms with E-state index in [0.29, 0.717) is 25.1 Å². The Bertz CT molecular complexity index is 1410. The van der Waals surface area contributed by atoms with Crippen molar-refractivity contribution in [1.82, 2.24) is 30.4 Å². The van der Waals surface area contributed by atoms with Crippen LogP contribution in [0.1, 0.15) is 28.4 Å². The van der Waals surface area contributed by atoms with Crippen molar-refractivity contribution >= 4 is 28.9 Å². The minimum absolute atomic E-state index is 0.0328. The molecule has 12 heteroatoms. The number of fused-ring (bicyclic) bond motifs is 1. The molecule has 1 aliphatic heterocycles. The first-order valence-electron chi connectivity index (χ1n) is 11.8. The third-order valence-corrected chi connectivity index (χ3v) is 6.01. The Labute approximate surface area is 211 Å². The van der Waals surface area contributed by atoms with E-state index in [4.69, 9.17) is 0 Å². The quantitative estimate of drug-likeness (QED) is 0.334. The molecule has 4 N–H and O–H groups in total. The van der Waals surface area contributed by atoms with Gasteiger partial charge in [0, 0.05) is 52.4 Å². The Morgan fingerprint density at radius 3 is 2.51 bits per heavy atom. The number of rotatable bonds is 9. The van der Waals surface area contributed by atoms with Gasteiger partial charge in [0.25, 0.3) is 11.5 Å². The first-order chi connectivity index (χ1) is 17.7. The lowest BCUT2D eigenvalue weighted by molar-refractivity contribution is -0.118. The van der Waals surface area contributed by atoms with Crippen LogP contribution in [0.25, 0.3) is 11.0 Å². The maximum Gasteiger partial charge on any atom is 0.317 e. The predicted molar refractivity (Wildman–Crippen MR) is 133 cm³/mol. The van der Waals surface area contributed by atoms with E-state index in [9.17, 15) is 28.7 Å².